The van der Waals surface area contributed by atoms with Gasteiger partial charge in [0.15, 0.2) is 11.0 Å². The first kappa shape index (κ1) is 23.8. The van der Waals surface area contributed by atoms with Gasteiger partial charge in [0.1, 0.15) is 17.2 Å². The van der Waals surface area contributed by atoms with Gasteiger partial charge in [0, 0.05) is 11.3 Å². The van der Waals surface area contributed by atoms with Gasteiger partial charge < -0.3 is 14.6 Å². The molecule has 178 valence electrons. The van der Waals surface area contributed by atoms with Gasteiger partial charge in [-0.05, 0) is 78.4 Å². The highest BCUT2D eigenvalue weighted by molar-refractivity contribution is 7.99. The van der Waals surface area contributed by atoms with E-state index in [0.717, 1.165) is 28.3 Å². The van der Waals surface area contributed by atoms with Crippen LogP contribution in [-0.4, -0.2) is 52.0 Å². The lowest BCUT2D eigenvalue weighted by molar-refractivity contribution is -0.118. The number of phenolic OH excluding ortho intramolecular Hbond substituents is 1. The van der Waals surface area contributed by atoms with Gasteiger partial charge in [-0.2, -0.15) is 5.10 Å². The number of thioether (sulfide) groups is 1. The van der Waals surface area contributed by atoms with E-state index in [1.54, 1.807) is 38.5 Å². The second-order valence-electron chi connectivity index (χ2n) is 7.24. The van der Waals surface area contributed by atoms with Gasteiger partial charge in [-0.25, -0.2) is 5.43 Å². The Hall–Kier alpha value is -4.31. The van der Waals surface area contributed by atoms with Crippen molar-refractivity contribution in [3.63, 3.8) is 0 Å². The number of nitrogens with zero attached hydrogens (tertiary/aromatic N) is 4. The molecule has 1 amide bonds. The molecule has 10 heteroatoms. The number of hydrazone groups is 1. The lowest BCUT2D eigenvalue weighted by Crippen LogP contribution is -2.20. The Kier molecular flexibility index (Phi) is 7.63. The number of phenols is 1. The van der Waals surface area contributed by atoms with E-state index < -0.39 is 0 Å². The van der Waals surface area contributed by atoms with Gasteiger partial charge in [-0.15, -0.1) is 10.2 Å². The lowest BCUT2D eigenvalue weighted by atomic mass is 10.2. The first-order chi connectivity index (χ1) is 17.1. The molecule has 0 aliphatic carbocycles. The smallest absolute Gasteiger partial charge is 0.250 e. The monoisotopic (exact) mass is 489 g/mol. The van der Waals surface area contributed by atoms with E-state index in [9.17, 15) is 9.90 Å². The van der Waals surface area contributed by atoms with Crippen molar-refractivity contribution in [2.24, 2.45) is 5.10 Å². The molecule has 0 radical (unpaired) electrons. The van der Waals surface area contributed by atoms with Crippen LogP contribution < -0.4 is 14.9 Å². The third-order valence-electron chi connectivity index (χ3n) is 4.94. The van der Waals surface area contributed by atoms with Crippen LogP contribution in [0.3, 0.4) is 0 Å². The Balaban J connectivity index is 1.52. The maximum Gasteiger partial charge on any atom is 0.250 e. The third kappa shape index (κ3) is 5.98. The molecule has 0 saturated heterocycles. The fourth-order valence-electron chi connectivity index (χ4n) is 3.16. The van der Waals surface area contributed by atoms with E-state index in [1.165, 1.54) is 18.0 Å². The molecule has 9 nitrogen and oxygen atoms in total. The number of benzene rings is 3. The first-order valence-corrected chi connectivity index (χ1v) is 11.5. The van der Waals surface area contributed by atoms with Crippen LogP contribution in [0.4, 0.5) is 0 Å². The van der Waals surface area contributed by atoms with Crippen molar-refractivity contribution in [3.05, 3.63) is 78.4 Å². The maximum atomic E-state index is 12.4. The van der Waals surface area contributed by atoms with Crippen LogP contribution in [0.2, 0.25) is 0 Å². The standard InChI is InChI=1S/C25H23N5O4S/c1-33-21-11-5-18(6-12-21)24-28-29-25(30(24)19-7-13-22(34-2)14-8-19)35-16-23(32)27-26-15-17-3-9-20(31)10-4-17/h3-15,31H,16H2,1-2H3,(H,27,32)/b26-15+. The molecule has 2 N–H and O–H groups in total. The quantitative estimate of drug-likeness (QED) is 0.208. The molecule has 0 saturated carbocycles. The number of ether oxygens (including phenoxy) is 2. The van der Waals surface area contributed by atoms with Crippen LogP contribution in [0.1, 0.15) is 5.56 Å². The van der Waals surface area contributed by atoms with Crippen LogP contribution >= 0.6 is 11.8 Å². The Labute approximate surface area is 206 Å². The number of nitrogens with one attached hydrogen (secondary N) is 1. The zero-order valence-electron chi connectivity index (χ0n) is 19.1. The average Bonchev–Trinajstić information content (AvgIpc) is 3.32. The molecule has 35 heavy (non-hydrogen) atoms. The minimum Gasteiger partial charge on any atom is -0.508 e. The van der Waals surface area contributed by atoms with Gasteiger partial charge in [-0.1, -0.05) is 11.8 Å². The minimum atomic E-state index is -0.291. The predicted octanol–water partition coefficient (Wildman–Crippen LogP) is 3.90. The predicted molar refractivity (Wildman–Crippen MR) is 134 cm³/mol. The zero-order chi connectivity index (χ0) is 24.6. The minimum absolute atomic E-state index is 0.0871. The number of aromatic hydroxyl groups is 1. The maximum absolute atomic E-state index is 12.4. The molecule has 1 heterocycles. The summed E-state index contributed by atoms with van der Waals surface area (Å²) < 4.78 is 12.4. The van der Waals surface area contributed by atoms with Crippen molar-refractivity contribution in [2.45, 2.75) is 5.16 Å². The number of carbonyl (C=O) groups is 1. The van der Waals surface area contributed by atoms with Gasteiger partial charge in [0.05, 0.1) is 26.2 Å². The molecular weight excluding hydrogens is 466 g/mol. The van der Waals surface area contributed by atoms with E-state index in [-0.39, 0.29) is 17.4 Å². The normalized spacial score (nSPS) is 10.9. The molecule has 0 aliphatic rings. The highest BCUT2D eigenvalue weighted by atomic mass is 32.2. The third-order valence-corrected chi connectivity index (χ3v) is 5.87. The first-order valence-electron chi connectivity index (χ1n) is 10.6. The average molecular weight is 490 g/mol. The van der Waals surface area contributed by atoms with Gasteiger partial charge in [0.2, 0.25) is 0 Å². The molecule has 3 aromatic carbocycles. The Morgan fingerprint density at radius 2 is 1.60 bits per heavy atom. The molecule has 4 aromatic rings. The fraction of sp³-hybridized carbons (Fsp3) is 0.120. The zero-order valence-corrected chi connectivity index (χ0v) is 19.9. The Morgan fingerprint density at radius 1 is 0.971 bits per heavy atom. The van der Waals surface area contributed by atoms with E-state index >= 15 is 0 Å². The van der Waals surface area contributed by atoms with Crippen molar-refractivity contribution in [3.8, 4) is 34.3 Å². The van der Waals surface area contributed by atoms with Crippen LogP contribution in [0.25, 0.3) is 17.1 Å². The van der Waals surface area contributed by atoms with Crippen LogP contribution in [0.5, 0.6) is 17.2 Å². The van der Waals surface area contributed by atoms with E-state index in [1.807, 2.05) is 53.1 Å². The summed E-state index contributed by atoms with van der Waals surface area (Å²) in [4.78, 5) is 12.4. The Bertz CT molecular complexity index is 1300. The molecule has 0 aliphatic heterocycles. The van der Waals surface area contributed by atoms with Crippen LogP contribution in [0, 0.1) is 0 Å². The van der Waals surface area contributed by atoms with E-state index in [0.29, 0.717) is 11.0 Å². The summed E-state index contributed by atoms with van der Waals surface area (Å²) in [6, 6.07) is 21.5. The summed E-state index contributed by atoms with van der Waals surface area (Å²) in [7, 11) is 3.23. The highest BCUT2D eigenvalue weighted by Crippen LogP contribution is 2.29. The SMILES string of the molecule is COc1ccc(-c2nnc(SCC(=O)N/N=C/c3ccc(O)cc3)n2-c2ccc(OC)cc2)cc1. The summed E-state index contributed by atoms with van der Waals surface area (Å²) in [6.07, 6.45) is 1.50. The summed E-state index contributed by atoms with van der Waals surface area (Å²) >= 11 is 1.25. The second-order valence-corrected chi connectivity index (χ2v) is 8.18. The summed E-state index contributed by atoms with van der Waals surface area (Å²) in [6.45, 7) is 0. The van der Waals surface area contributed by atoms with Crippen LogP contribution in [0.15, 0.2) is 83.1 Å². The van der Waals surface area contributed by atoms with Crippen LogP contribution in [-0.2, 0) is 4.79 Å². The summed E-state index contributed by atoms with van der Waals surface area (Å²) in [5.41, 5.74) is 4.93. The number of carbonyl (C=O) groups excluding carboxylic acids is 1. The van der Waals surface area contributed by atoms with Gasteiger partial charge in [-0.3, -0.25) is 9.36 Å². The highest BCUT2D eigenvalue weighted by Gasteiger charge is 2.17. The van der Waals surface area contributed by atoms with Crippen molar-refractivity contribution >= 4 is 23.9 Å². The topological polar surface area (TPSA) is 111 Å². The fourth-order valence-corrected chi connectivity index (χ4v) is 3.90. The second kappa shape index (κ2) is 11.2. The van der Waals surface area contributed by atoms with Crippen molar-refractivity contribution in [1.82, 2.24) is 20.2 Å². The van der Waals surface area contributed by atoms with Crippen molar-refractivity contribution in [2.75, 3.05) is 20.0 Å². The number of methoxy groups -OCH3 is 2. The molecule has 4 rings (SSSR count). The van der Waals surface area contributed by atoms with Crippen molar-refractivity contribution < 1.29 is 19.4 Å². The summed E-state index contributed by atoms with van der Waals surface area (Å²) in [5, 5.41) is 22.6. The summed E-state index contributed by atoms with van der Waals surface area (Å²) in [5.74, 6) is 2.06. The molecular formula is C25H23N5O4S. The molecule has 1 aromatic heterocycles. The number of aromatic nitrogens is 3. The molecule has 0 unspecified atom stereocenters. The van der Waals surface area contributed by atoms with E-state index in [2.05, 4.69) is 20.7 Å². The van der Waals surface area contributed by atoms with E-state index in [4.69, 9.17) is 9.47 Å². The Morgan fingerprint density at radius 3 is 2.23 bits per heavy atom. The number of amides is 1. The molecule has 0 fully saturated rings. The number of rotatable bonds is 9. The lowest BCUT2D eigenvalue weighted by Gasteiger charge is -2.11. The molecule has 0 spiro atoms. The van der Waals surface area contributed by atoms with Gasteiger partial charge in [0.25, 0.3) is 5.91 Å². The molecule has 0 atom stereocenters. The number of hydrogen-bond donors (Lipinski definition) is 2. The van der Waals surface area contributed by atoms with Crippen molar-refractivity contribution in [1.29, 1.82) is 0 Å². The molecule has 0 bridgehead atoms. The number of hydrogen-bond acceptors (Lipinski definition) is 8. The van der Waals surface area contributed by atoms with Gasteiger partial charge >= 0.3 is 0 Å². The largest absolute Gasteiger partial charge is 0.508 e.